The van der Waals surface area contributed by atoms with Crippen LogP contribution < -0.4 is 38.1 Å². The fourth-order valence-corrected chi connectivity index (χ4v) is 8.58. The Morgan fingerprint density at radius 1 is 0.544 bits per heavy atom. The minimum atomic E-state index is -1.28. The van der Waals surface area contributed by atoms with Gasteiger partial charge in [0.2, 0.25) is 41.4 Å². The van der Waals surface area contributed by atoms with Crippen LogP contribution in [0.1, 0.15) is 153 Å². The molecule has 17 nitrogen and oxygen atoms in total. The molecule has 0 spiro atoms. The molecule has 376 valence electrons. The van der Waals surface area contributed by atoms with Gasteiger partial charge in [-0.2, -0.15) is 0 Å². The normalized spacial score (nSPS) is 15.3. The Morgan fingerprint density at radius 2 is 0.971 bits per heavy atom. The van der Waals surface area contributed by atoms with E-state index in [1.807, 2.05) is 30.3 Å². The van der Waals surface area contributed by atoms with Gasteiger partial charge < -0.3 is 48.3 Å². The van der Waals surface area contributed by atoms with E-state index in [9.17, 15) is 48.6 Å². The highest BCUT2D eigenvalue weighted by Gasteiger charge is 2.33. The maximum Gasteiger partial charge on any atom is 0.326 e. The van der Waals surface area contributed by atoms with Gasteiger partial charge in [-0.15, -0.1) is 0 Å². The molecule has 3 rings (SSSR count). The van der Waals surface area contributed by atoms with Crippen molar-refractivity contribution < 1.29 is 48.6 Å². The van der Waals surface area contributed by atoms with E-state index in [0.717, 1.165) is 102 Å². The Labute approximate surface area is 401 Å². The van der Waals surface area contributed by atoms with E-state index in [1.54, 1.807) is 30.3 Å². The molecule has 0 radical (unpaired) electrons. The van der Waals surface area contributed by atoms with Crippen LogP contribution in [0, 0.1) is 5.92 Å². The van der Waals surface area contributed by atoms with Crippen LogP contribution in [-0.4, -0.2) is 93.8 Å². The van der Waals surface area contributed by atoms with Gasteiger partial charge in [-0.05, 0) is 43.2 Å². The van der Waals surface area contributed by atoms with Gasteiger partial charge in [0, 0.05) is 25.7 Å². The summed E-state index contributed by atoms with van der Waals surface area (Å²) >= 11 is 0. The van der Waals surface area contributed by atoms with Crippen LogP contribution >= 0.6 is 0 Å². The van der Waals surface area contributed by atoms with Crippen LogP contribution in [0.2, 0.25) is 0 Å². The Hall–Kier alpha value is -5.84. The van der Waals surface area contributed by atoms with Crippen LogP contribution in [0.3, 0.4) is 0 Å². The van der Waals surface area contributed by atoms with Gasteiger partial charge in [-0.25, -0.2) is 4.79 Å². The molecule has 7 amide bonds. The topological polar surface area (TPSA) is 289 Å². The van der Waals surface area contributed by atoms with E-state index < -0.39 is 84.1 Å². The van der Waals surface area contributed by atoms with Crippen LogP contribution in [0.25, 0.3) is 0 Å². The molecule has 11 N–H and O–H groups in total. The second-order valence-corrected chi connectivity index (χ2v) is 18.4. The molecular weight excluding hydrogens is 871 g/mol. The van der Waals surface area contributed by atoms with E-state index in [2.05, 4.69) is 26.6 Å². The number of carbonyl (C=O) groups is 8. The van der Waals surface area contributed by atoms with E-state index in [4.69, 9.17) is 11.5 Å². The minimum Gasteiger partial charge on any atom is -0.480 e. The highest BCUT2D eigenvalue weighted by atomic mass is 16.4. The van der Waals surface area contributed by atoms with Crippen molar-refractivity contribution in [3.8, 4) is 0 Å². The molecule has 1 saturated carbocycles. The molecule has 17 heteroatoms. The zero-order valence-electron chi connectivity index (χ0n) is 39.9. The lowest BCUT2D eigenvalue weighted by molar-refractivity contribution is -0.142. The summed E-state index contributed by atoms with van der Waals surface area (Å²) in [6, 6.07) is 12.2. The molecule has 0 bridgehead atoms. The van der Waals surface area contributed by atoms with E-state index in [0.29, 0.717) is 24.8 Å². The SMILES string of the molecule is CC(O)[C@H](NC(=O)CCCCCCCCCCCCCCC(=O)N[C@@H](CC(N)=O)C(=O)N[C@@H](Cc1ccccc1)C(=O)O)C(=O)N[C@@H](CC1CCCCC1)C(=O)N[C@@H](Cc1ccccc1)C(N)=O. The van der Waals surface area contributed by atoms with Crippen LogP contribution in [-0.2, 0) is 51.2 Å². The molecule has 1 unspecified atom stereocenters. The Morgan fingerprint density at radius 3 is 1.43 bits per heavy atom. The first-order valence-corrected chi connectivity index (χ1v) is 24.7. The number of carbonyl (C=O) groups excluding carboxylic acids is 7. The van der Waals surface area contributed by atoms with Gasteiger partial charge in [-0.1, -0.05) is 157 Å². The molecule has 1 aliphatic rings. The van der Waals surface area contributed by atoms with Crippen molar-refractivity contribution >= 4 is 47.3 Å². The minimum absolute atomic E-state index is 0.0355. The fraction of sp³-hybridized carbons (Fsp3) is 0.608. The van der Waals surface area contributed by atoms with Crippen molar-refractivity contribution in [1.82, 2.24) is 26.6 Å². The lowest BCUT2D eigenvalue weighted by Crippen LogP contribution is -2.59. The second-order valence-electron chi connectivity index (χ2n) is 18.4. The van der Waals surface area contributed by atoms with E-state index in [1.165, 1.54) is 6.92 Å². The van der Waals surface area contributed by atoms with Crippen LogP contribution in [0.5, 0.6) is 0 Å². The van der Waals surface area contributed by atoms with Gasteiger partial charge in [-0.3, -0.25) is 33.6 Å². The summed E-state index contributed by atoms with van der Waals surface area (Å²) in [5.41, 5.74) is 12.5. The number of hydrogen-bond acceptors (Lipinski definition) is 9. The first kappa shape index (κ1) is 56.5. The quantitative estimate of drug-likeness (QED) is 0.0452. The predicted molar refractivity (Wildman–Crippen MR) is 258 cm³/mol. The van der Waals surface area contributed by atoms with Crippen LogP contribution in [0.15, 0.2) is 60.7 Å². The first-order valence-electron chi connectivity index (χ1n) is 24.7. The van der Waals surface area contributed by atoms with Crippen LogP contribution in [0.4, 0.5) is 0 Å². The Balaban J connectivity index is 1.29. The number of amides is 7. The van der Waals surface area contributed by atoms with Gasteiger partial charge in [0.15, 0.2) is 0 Å². The number of primary amides is 2. The summed E-state index contributed by atoms with van der Waals surface area (Å²) in [4.78, 5) is 101. The highest BCUT2D eigenvalue weighted by molar-refractivity contribution is 5.95. The molecule has 0 aromatic heterocycles. The largest absolute Gasteiger partial charge is 0.480 e. The number of carboxylic acid groups (broad SMARTS) is 1. The standard InChI is InChI=1S/C51H77N7O10/c1-35(59)46(50(66)56-40(32-37-25-17-13-18-26-37)48(64)55-39(47(53)63)31-36-23-15-12-16-24-36)58-45(62)30-22-11-9-7-5-3-2-4-6-8-10-21-29-44(61)54-41(34-43(52)60)49(65)57-42(51(67)68)33-38-27-19-14-20-28-38/h12,14-16,19-20,23-24,27-28,35,37,39-42,46,59H,2-11,13,17-18,21-22,25-26,29-34H2,1H3,(H2,52,60)(H2,53,63)(H,54,61)(H,55,64)(H,56,66)(H,57,65)(H,58,62)(H,67,68)/t35?,39-,40-,41-,42-,46-/m0/s1. The van der Waals surface area contributed by atoms with Crippen molar-refractivity contribution in [3.05, 3.63) is 71.8 Å². The zero-order chi connectivity index (χ0) is 49.7. The number of rotatable bonds is 34. The summed E-state index contributed by atoms with van der Waals surface area (Å²) in [6.07, 6.45) is 15.4. The third-order valence-electron chi connectivity index (χ3n) is 12.5. The average Bonchev–Trinajstić information content (AvgIpc) is 3.30. The number of aliphatic hydroxyl groups excluding tert-OH is 1. The molecule has 2 aromatic carbocycles. The van der Waals surface area contributed by atoms with Crippen molar-refractivity contribution in [2.75, 3.05) is 0 Å². The third kappa shape index (κ3) is 23.3. The number of aliphatic carboxylic acids is 1. The lowest BCUT2D eigenvalue weighted by atomic mass is 9.84. The van der Waals surface area contributed by atoms with Crippen molar-refractivity contribution in [2.24, 2.45) is 17.4 Å². The third-order valence-corrected chi connectivity index (χ3v) is 12.5. The number of nitrogens with two attached hydrogens (primary N) is 2. The van der Waals surface area contributed by atoms with Gasteiger partial charge >= 0.3 is 5.97 Å². The van der Waals surface area contributed by atoms with Gasteiger partial charge in [0.25, 0.3) is 0 Å². The monoisotopic (exact) mass is 948 g/mol. The number of unbranched alkanes of at least 4 members (excludes halogenated alkanes) is 11. The number of nitrogens with one attached hydrogen (secondary N) is 5. The molecule has 2 aromatic rings. The summed E-state index contributed by atoms with van der Waals surface area (Å²) in [5.74, 6) is -5.31. The summed E-state index contributed by atoms with van der Waals surface area (Å²) in [5, 5.41) is 33.3. The molecule has 0 heterocycles. The summed E-state index contributed by atoms with van der Waals surface area (Å²) in [6.45, 7) is 1.41. The average molecular weight is 948 g/mol. The molecule has 1 fully saturated rings. The summed E-state index contributed by atoms with van der Waals surface area (Å²) in [7, 11) is 0. The van der Waals surface area contributed by atoms with Crippen molar-refractivity contribution in [2.45, 2.75) is 191 Å². The summed E-state index contributed by atoms with van der Waals surface area (Å²) < 4.78 is 0. The molecule has 6 atom stereocenters. The van der Waals surface area contributed by atoms with Gasteiger partial charge in [0.05, 0.1) is 12.5 Å². The molecule has 0 aliphatic heterocycles. The van der Waals surface area contributed by atoms with Crippen molar-refractivity contribution in [1.29, 1.82) is 0 Å². The number of hydrogen-bond donors (Lipinski definition) is 9. The molecule has 1 aliphatic carbocycles. The lowest BCUT2D eigenvalue weighted by Gasteiger charge is -2.29. The smallest absolute Gasteiger partial charge is 0.326 e. The van der Waals surface area contributed by atoms with E-state index >= 15 is 0 Å². The zero-order valence-corrected chi connectivity index (χ0v) is 39.9. The maximum atomic E-state index is 13.6. The number of carboxylic acids is 1. The molecule has 0 saturated heterocycles. The predicted octanol–water partition coefficient (Wildman–Crippen LogP) is 4.15. The van der Waals surface area contributed by atoms with Crippen molar-refractivity contribution in [3.63, 3.8) is 0 Å². The molecular formula is C51H77N7O10. The number of benzene rings is 2. The maximum absolute atomic E-state index is 13.6. The number of aliphatic hydroxyl groups is 1. The van der Waals surface area contributed by atoms with Gasteiger partial charge in [0.1, 0.15) is 30.2 Å². The fourth-order valence-electron chi connectivity index (χ4n) is 8.58. The Kier molecular flexibility index (Phi) is 26.6. The Bertz CT molecular complexity index is 1880. The first-order chi connectivity index (χ1) is 32.6. The highest BCUT2D eigenvalue weighted by Crippen LogP contribution is 2.27. The van der Waals surface area contributed by atoms with E-state index in [-0.39, 0.29) is 37.5 Å². The second kappa shape index (κ2) is 32.0. The molecule has 68 heavy (non-hydrogen) atoms.